The Morgan fingerprint density at radius 1 is 1.06 bits per heavy atom. The van der Waals surface area contributed by atoms with Crippen molar-refractivity contribution in [1.29, 1.82) is 0 Å². The second-order valence-corrected chi connectivity index (χ2v) is 10.0. The highest BCUT2D eigenvalue weighted by Gasteiger charge is 2.24. The van der Waals surface area contributed by atoms with E-state index in [0.717, 1.165) is 61.5 Å². The summed E-state index contributed by atoms with van der Waals surface area (Å²) in [5.74, 6) is 2.38. The van der Waals surface area contributed by atoms with Crippen LogP contribution in [0.3, 0.4) is 0 Å². The molecule has 1 aliphatic rings. The molecule has 186 valence electrons. The summed E-state index contributed by atoms with van der Waals surface area (Å²) < 4.78 is 10.1. The maximum absolute atomic E-state index is 13.1. The molecular formula is C27H35N5O2S. The number of carbonyl (C=O) groups is 1. The molecule has 0 unspecified atom stereocenters. The molecule has 1 saturated heterocycles. The van der Waals surface area contributed by atoms with Crippen molar-refractivity contribution in [3.63, 3.8) is 0 Å². The predicted molar refractivity (Wildman–Crippen MR) is 143 cm³/mol. The van der Waals surface area contributed by atoms with Gasteiger partial charge in [-0.05, 0) is 23.6 Å². The topological polar surface area (TPSA) is 61.8 Å². The molecule has 4 rings (SSSR count). The van der Waals surface area contributed by atoms with Crippen molar-refractivity contribution < 1.29 is 9.53 Å². The Morgan fingerprint density at radius 3 is 2.49 bits per heavy atom. The van der Waals surface area contributed by atoms with Crippen LogP contribution in [0, 0.1) is 5.92 Å². The van der Waals surface area contributed by atoms with E-state index in [-0.39, 0.29) is 5.91 Å². The first-order valence-corrected chi connectivity index (χ1v) is 13.1. The lowest BCUT2D eigenvalue weighted by Crippen LogP contribution is -2.49. The molecule has 7 nitrogen and oxygen atoms in total. The summed E-state index contributed by atoms with van der Waals surface area (Å²) in [7, 11) is 1.70. The highest BCUT2D eigenvalue weighted by molar-refractivity contribution is 7.09. The Labute approximate surface area is 212 Å². The molecule has 1 fully saturated rings. The third-order valence-corrected chi connectivity index (χ3v) is 6.99. The average Bonchev–Trinajstić information content (AvgIpc) is 3.35. The number of aromatic nitrogens is 2. The van der Waals surface area contributed by atoms with Gasteiger partial charge in [-0.15, -0.1) is 0 Å². The van der Waals surface area contributed by atoms with Crippen molar-refractivity contribution in [1.82, 2.24) is 14.3 Å². The lowest BCUT2D eigenvalue weighted by atomic mass is 10.1. The number of carbonyl (C=O) groups excluding carboxylic acids is 1. The summed E-state index contributed by atoms with van der Waals surface area (Å²) in [6.07, 6.45) is 1.21. The quantitative estimate of drug-likeness (QED) is 0.419. The van der Waals surface area contributed by atoms with E-state index in [2.05, 4.69) is 46.2 Å². The normalized spacial score (nSPS) is 13.8. The van der Waals surface area contributed by atoms with Crippen LogP contribution in [0.4, 0.5) is 10.8 Å². The van der Waals surface area contributed by atoms with Crippen LogP contribution in [-0.2, 0) is 11.2 Å². The second-order valence-electron chi connectivity index (χ2n) is 9.29. The summed E-state index contributed by atoms with van der Waals surface area (Å²) >= 11 is 1.43. The fourth-order valence-electron chi connectivity index (χ4n) is 4.41. The summed E-state index contributed by atoms with van der Waals surface area (Å²) in [5.41, 5.74) is 2.29. The van der Waals surface area contributed by atoms with Gasteiger partial charge in [0.1, 0.15) is 11.6 Å². The molecule has 0 bridgehead atoms. The zero-order chi connectivity index (χ0) is 24.6. The van der Waals surface area contributed by atoms with Crippen LogP contribution in [0.15, 0.2) is 54.6 Å². The summed E-state index contributed by atoms with van der Waals surface area (Å²) in [5, 5.41) is 0.901. The summed E-state index contributed by atoms with van der Waals surface area (Å²) in [4.78, 5) is 24.4. The number of hydrogen-bond donors (Lipinski definition) is 0. The first kappa shape index (κ1) is 25.0. The van der Waals surface area contributed by atoms with Gasteiger partial charge in [0.15, 0.2) is 0 Å². The van der Waals surface area contributed by atoms with Crippen LogP contribution in [0.1, 0.15) is 31.7 Å². The number of para-hydroxylation sites is 2. The molecule has 1 amide bonds. The van der Waals surface area contributed by atoms with E-state index in [4.69, 9.17) is 9.72 Å². The third-order valence-electron chi connectivity index (χ3n) is 6.17. The van der Waals surface area contributed by atoms with Gasteiger partial charge in [0, 0.05) is 63.6 Å². The monoisotopic (exact) mass is 493 g/mol. The van der Waals surface area contributed by atoms with Gasteiger partial charge in [-0.25, -0.2) is 4.98 Å². The highest BCUT2D eigenvalue weighted by Crippen LogP contribution is 2.28. The Balaban J connectivity index is 1.32. The molecule has 0 N–H and O–H groups in total. The number of rotatable bonds is 10. The largest absolute Gasteiger partial charge is 0.495 e. The molecule has 0 atom stereocenters. The van der Waals surface area contributed by atoms with Crippen molar-refractivity contribution in [2.45, 2.75) is 26.7 Å². The second kappa shape index (κ2) is 12.0. The van der Waals surface area contributed by atoms with Crippen LogP contribution >= 0.6 is 11.5 Å². The van der Waals surface area contributed by atoms with E-state index in [1.165, 1.54) is 17.1 Å². The van der Waals surface area contributed by atoms with Crippen molar-refractivity contribution in [3.8, 4) is 5.75 Å². The van der Waals surface area contributed by atoms with Crippen LogP contribution in [0.5, 0.6) is 5.75 Å². The summed E-state index contributed by atoms with van der Waals surface area (Å²) in [6, 6.07) is 18.3. The van der Waals surface area contributed by atoms with Crippen LogP contribution in [-0.4, -0.2) is 66.5 Å². The zero-order valence-electron chi connectivity index (χ0n) is 20.9. The predicted octanol–water partition coefficient (Wildman–Crippen LogP) is 4.34. The van der Waals surface area contributed by atoms with Gasteiger partial charge in [-0.2, -0.15) is 4.37 Å². The Kier molecular flexibility index (Phi) is 8.58. The number of anilines is 2. The van der Waals surface area contributed by atoms with Crippen LogP contribution in [0.25, 0.3) is 0 Å². The van der Waals surface area contributed by atoms with Gasteiger partial charge in [-0.3, -0.25) is 4.79 Å². The first-order chi connectivity index (χ1) is 17.0. The fraction of sp³-hybridized carbons (Fsp3) is 0.444. The molecule has 35 heavy (non-hydrogen) atoms. The Hall–Kier alpha value is -3.13. The maximum Gasteiger partial charge on any atom is 0.224 e. The van der Waals surface area contributed by atoms with Gasteiger partial charge in [0.25, 0.3) is 0 Å². The SMILES string of the molecule is COc1ccccc1N1CCN(C(=O)CCN(CC(C)C)c2nc(Cc3ccccc3)ns2)CC1. The standard InChI is InChI=1S/C27H35N5O2S/c1-21(2)20-32(27-28-25(29-35-27)19-22-9-5-4-6-10-22)14-13-26(33)31-17-15-30(16-18-31)23-11-7-8-12-24(23)34-3/h4-12,21H,13-20H2,1-3H3. The fourth-order valence-corrected chi connectivity index (χ4v) is 5.13. The lowest BCUT2D eigenvalue weighted by molar-refractivity contribution is -0.131. The molecule has 0 radical (unpaired) electrons. The molecule has 1 aliphatic heterocycles. The van der Waals surface area contributed by atoms with Gasteiger partial charge in [0.05, 0.1) is 12.8 Å². The average molecular weight is 494 g/mol. The van der Waals surface area contributed by atoms with Crippen molar-refractivity contribution >= 4 is 28.3 Å². The molecule has 0 spiro atoms. The smallest absolute Gasteiger partial charge is 0.224 e. The molecule has 2 heterocycles. The number of methoxy groups -OCH3 is 1. The van der Waals surface area contributed by atoms with E-state index < -0.39 is 0 Å². The highest BCUT2D eigenvalue weighted by atomic mass is 32.1. The zero-order valence-corrected chi connectivity index (χ0v) is 21.7. The Bertz CT molecular complexity index is 1080. The van der Waals surface area contributed by atoms with Crippen LogP contribution in [0.2, 0.25) is 0 Å². The molecule has 2 aromatic carbocycles. The maximum atomic E-state index is 13.1. The Morgan fingerprint density at radius 2 is 1.77 bits per heavy atom. The number of ether oxygens (including phenoxy) is 1. The van der Waals surface area contributed by atoms with Crippen LogP contribution < -0.4 is 14.5 Å². The number of nitrogens with zero attached hydrogens (tertiary/aromatic N) is 5. The number of piperazine rings is 1. The minimum atomic E-state index is 0.201. The van der Waals surface area contributed by atoms with Gasteiger partial charge in [0.2, 0.25) is 11.0 Å². The molecule has 0 saturated carbocycles. The van der Waals surface area contributed by atoms with Gasteiger partial charge < -0.3 is 19.4 Å². The molecular weight excluding hydrogens is 458 g/mol. The van der Waals surface area contributed by atoms with Gasteiger partial charge in [-0.1, -0.05) is 56.3 Å². The minimum absolute atomic E-state index is 0.201. The van der Waals surface area contributed by atoms with Gasteiger partial charge >= 0.3 is 0 Å². The lowest BCUT2D eigenvalue weighted by Gasteiger charge is -2.37. The minimum Gasteiger partial charge on any atom is -0.495 e. The third kappa shape index (κ3) is 6.72. The molecule has 0 aliphatic carbocycles. The number of amides is 1. The first-order valence-electron chi connectivity index (χ1n) is 12.3. The van der Waals surface area contributed by atoms with Crippen molar-refractivity contribution in [3.05, 3.63) is 66.0 Å². The van der Waals surface area contributed by atoms with E-state index in [1.54, 1.807) is 7.11 Å². The van der Waals surface area contributed by atoms with E-state index >= 15 is 0 Å². The van der Waals surface area contributed by atoms with E-state index in [0.29, 0.717) is 18.9 Å². The van der Waals surface area contributed by atoms with E-state index in [1.807, 2.05) is 41.3 Å². The molecule has 3 aromatic rings. The number of hydrogen-bond acceptors (Lipinski definition) is 7. The number of benzene rings is 2. The molecule has 1 aromatic heterocycles. The van der Waals surface area contributed by atoms with Crippen molar-refractivity contribution in [2.24, 2.45) is 5.92 Å². The molecule has 8 heteroatoms. The summed E-state index contributed by atoms with van der Waals surface area (Å²) in [6.45, 7) is 8.96. The van der Waals surface area contributed by atoms with Crippen molar-refractivity contribution in [2.75, 3.05) is 56.2 Å². The van der Waals surface area contributed by atoms with E-state index in [9.17, 15) is 4.79 Å².